The number of aryl methyl sites for hydroxylation is 2. The Bertz CT molecular complexity index is 698. The standard InChI is InChI=1S/C17H23N5O/c1-3-23-16-9-15(20-11(2)21-16)22-8-4-5-12-14(22)7-6-13-17(12)19-10-18-13/h9-10,12,14H,3-8H2,1-2H3,(H,18,19). The van der Waals surface area contributed by atoms with Crippen molar-refractivity contribution >= 4 is 5.82 Å². The maximum absolute atomic E-state index is 5.60. The van der Waals surface area contributed by atoms with E-state index in [2.05, 4.69) is 24.8 Å². The first-order chi connectivity index (χ1) is 11.3. The molecular weight excluding hydrogens is 290 g/mol. The Labute approximate surface area is 136 Å². The molecular formula is C17H23N5O. The van der Waals surface area contributed by atoms with Gasteiger partial charge in [0.1, 0.15) is 11.6 Å². The van der Waals surface area contributed by atoms with Gasteiger partial charge in [-0.1, -0.05) is 0 Å². The van der Waals surface area contributed by atoms with Gasteiger partial charge in [0.05, 0.1) is 18.6 Å². The molecule has 122 valence electrons. The molecule has 1 aliphatic heterocycles. The molecule has 4 rings (SSSR count). The van der Waals surface area contributed by atoms with E-state index in [0.29, 0.717) is 24.4 Å². The third kappa shape index (κ3) is 2.56. The first-order valence-corrected chi connectivity index (χ1v) is 8.53. The summed E-state index contributed by atoms with van der Waals surface area (Å²) in [6, 6.07) is 2.46. The minimum absolute atomic E-state index is 0.475. The number of nitrogens with zero attached hydrogens (tertiary/aromatic N) is 4. The van der Waals surface area contributed by atoms with Crippen molar-refractivity contribution in [1.29, 1.82) is 0 Å². The van der Waals surface area contributed by atoms with Gasteiger partial charge in [-0.25, -0.2) is 9.97 Å². The van der Waals surface area contributed by atoms with Crippen molar-refractivity contribution in [3.63, 3.8) is 0 Å². The summed E-state index contributed by atoms with van der Waals surface area (Å²) in [5, 5.41) is 0. The van der Waals surface area contributed by atoms with Gasteiger partial charge in [-0.05, 0) is 39.5 Å². The van der Waals surface area contributed by atoms with Crippen molar-refractivity contribution in [3.8, 4) is 5.88 Å². The van der Waals surface area contributed by atoms with E-state index in [0.717, 1.165) is 31.0 Å². The molecule has 1 N–H and O–H groups in total. The summed E-state index contributed by atoms with van der Waals surface area (Å²) in [7, 11) is 0. The number of nitrogens with one attached hydrogen (secondary N) is 1. The van der Waals surface area contributed by atoms with Gasteiger partial charge in [0, 0.05) is 30.3 Å². The number of anilines is 1. The Balaban J connectivity index is 1.67. The highest BCUT2D eigenvalue weighted by atomic mass is 16.5. The molecule has 0 bridgehead atoms. The summed E-state index contributed by atoms with van der Waals surface area (Å²) in [5.41, 5.74) is 2.59. The van der Waals surface area contributed by atoms with Gasteiger partial charge in [0.2, 0.25) is 5.88 Å². The lowest BCUT2D eigenvalue weighted by Gasteiger charge is -2.44. The van der Waals surface area contributed by atoms with Gasteiger partial charge in [0.15, 0.2) is 0 Å². The Morgan fingerprint density at radius 2 is 2.26 bits per heavy atom. The molecule has 3 heterocycles. The van der Waals surface area contributed by atoms with Gasteiger partial charge in [-0.3, -0.25) is 0 Å². The van der Waals surface area contributed by atoms with Crippen LogP contribution in [0, 0.1) is 6.92 Å². The maximum atomic E-state index is 5.60. The average Bonchev–Trinajstić information content (AvgIpc) is 3.03. The Morgan fingerprint density at radius 3 is 3.13 bits per heavy atom. The fourth-order valence-electron chi connectivity index (χ4n) is 4.06. The summed E-state index contributed by atoms with van der Waals surface area (Å²) in [4.78, 5) is 19.4. The number of aromatic nitrogens is 4. The largest absolute Gasteiger partial charge is 0.478 e. The predicted molar refractivity (Wildman–Crippen MR) is 88.0 cm³/mol. The molecule has 1 fully saturated rings. The van der Waals surface area contributed by atoms with Crippen molar-refractivity contribution in [2.45, 2.75) is 51.5 Å². The second-order valence-electron chi connectivity index (χ2n) is 6.36. The van der Waals surface area contributed by atoms with Crippen LogP contribution in [0.3, 0.4) is 0 Å². The topological polar surface area (TPSA) is 66.9 Å². The van der Waals surface area contributed by atoms with Crippen LogP contribution in [0.25, 0.3) is 0 Å². The first kappa shape index (κ1) is 14.5. The lowest BCUT2D eigenvalue weighted by atomic mass is 9.79. The van der Waals surface area contributed by atoms with E-state index in [1.54, 1.807) is 0 Å². The van der Waals surface area contributed by atoms with Gasteiger partial charge in [0.25, 0.3) is 0 Å². The fraction of sp³-hybridized carbons (Fsp3) is 0.588. The van der Waals surface area contributed by atoms with Crippen LogP contribution in [0.4, 0.5) is 5.82 Å². The molecule has 0 spiro atoms. The zero-order valence-corrected chi connectivity index (χ0v) is 13.7. The molecule has 2 unspecified atom stereocenters. The normalized spacial score (nSPS) is 23.3. The van der Waals surface area contributed by atoms with E-state index >= 15 is 0 Å². The van der Waals surface area contributed by atoms with Crippen molar-refractivity contribution in [1.82, 2.24) is 19.9 Å². The van der Waals surface area contributed by atoms with Crippen molar-refractivity contribution in [3.05, 3.63) is 29.6 Å². The van der Waals surface area contributed by atoms with Crippen LogP contribution in [0.5, 0.6) is 5.88 Å². The molecule has 2 atom stereocenters. The highest BCUT2D eigenvalue weighted by Crippen LogP contribution is 2.40. The molecule has 0 saturated carbocycles. The summed E-state index contributed by atoms with van der Waals surface area (Å²) >= 11 is 0. The monoisotopic (exact) mass is 313 g/mol. The molecule has 1 saturated heterocycles. The highest BCUT2D eigenvalue weighted by molar-refractivity contribution is 5.46. The predicted octanol–water partition coefficient (Wildman–Crippen LogP) is 2.61. The third-order valence-electron chi connectivity index (χ3n) is 4.96. The molecule has 0 aromatic carbocycles. The molecule has 1 aliphatic carbocycles. The van der Waals surface area contributed by atoms with Gasteiger partial charge < -0.3 is 14.6 Å². The molecule has 0 radical (unpaired) electrons. The van der Waals surface area contributed by atoms with Crippen LogP contribution < -0.4 is 9.64 Å². The molecule has 23 heavy (non-hydrogen) atoms. The Kier molecular flexibility index (Phi) is 3.67. The number of aromatic amines is 1. The average molecular weight is 313 g/mol. The molecule has 2 aromatic heterocycles. The highest BCUT2D eigenvalue weighted by Gasteiger charge is 2.38. The number of ether oxygens (including phenoxy) is 1. The van der Waals surface area contributed by atoms with E-state index in [-0.39, 0.29) is 0 Å². The molecule has 6 heteroatoms. The zero-order valence-electron chi connectivity index (χ0n) is 13.7. The SMILES string of the molecule is CCOc1cc(N2CCCC3c4nc[nH]c4CCC32)nc(C)n1. The van der Waals surface area contributed by atoms with Gasteiger partial charge in [-0.15, -0.1) is 0 Å². The molecule has 0 amide bonds. The summed E-state index contributed by atoms with van der Waals surface area (Å²) in [5.74, 6) is 2.94. The number of imidazole rings is 1. The lowest BCUT2D eigenvalue weighted by molar-refractivity contribution is 0.323. The van der Waals surface area contributed by atoms with E-state index in [1.165, 1.54) is 24.2 Å². The Morgan fingerprint density at radius 1 is 1.35 bits per heavy atom. The van der Waals surface area contributed by atoms with Crippen LogP contribution in [-0.2, 0) is 6.42 Å². The number of H-pyrrole nitrogens is 1. The number of fused-ring (bicyclic) bond motifs is 3. The minimum Gasteiger partial charge on any atom is -0.478 e. The van der Waals surface area contributed by atoms with Gasteiger partial charge in [-0.2, -0.15) is 4.98 Å². The van der Waals surface area contributed by atoms with Gasteiger partial charge >= 0.3 is 0 Å². The van der Waals surface area contributed by atoms with Crippen LogP contribution in [0.15, 0.2) is 12.4 Å². The maximum Gasteiger partial charge on any atom is 0.218 e. The number of piperidine rings is 1. The van der Waals surface area contributed by atoms with Crippen LogP contribution >= 0.6 is 0 Å². The van der Waals surface area contributed by atoms with Crippen LogP contribution in [0.2, 0.25) is 0 Å². The lowest BCUT2D eigenvalue weighted by Crippen LogP contribution is -2.47. The van der Waals surface area contributed by atoms with Crippen molar-refractivity contribution in [2.24, 2.45) is 0 Å². The van der Waals surface area contributed by atoms with E-state index in [9.17, 15) is 0 Å². The fourth-order valence-corrected chi connectivity index (χ4v) is 4.06. The zero-order chi connectivity index (χ0) is 15.8. The molecule has 2 aliphatic rings. The molecule has 6 nitrogen and oxygen atoms in total. The number of rotatable bonds is 3. The van der Waals surface area contributed by atoms with E-state index in [1.807, 2.05) is 26.2 Å². The number of hydrogen-bond donors (Lipinski definition) is 1. The van der Waals surface area contributed by atoms with E-state index in [4.69, 9.17) is 4.74 Å². The second-order valence-corrected chi connectivity index (χ2v) is 6.36. The third-order valence-corrected chi connectivity index (χ3v) is 4.96. The van der Waals surface area contributed by atoms with Crippen LogP contribution in [-0.4, -0.2) is 39.1 Å². The Hall–Kier alpha value is -2.11. The second kappa shape index (κ2) is 5.83. The van der Waals surface area contributed by atoms with Crippen molar-refractivity contribution < 1.29 is 4.74 Å². The van der Waals surface area contributed by atoms with Crippen LogP contribution in [0.1, 0.15) is 49.3 Å². The molecule has 2 aromatic rings. The van der Waals surface area contributed by atoms with Crippen molar-refractivity contribution in [2.75, 3.05) is 18.1 Å². The summed E-state index contributed by atoms with van der Waals surface area (Å²) < 4.78 is 5.60. The van der Waals surface area contributed by atoms with E-state index < -0.39 is 0 Å². The quantitative estimate of drug-likeness (QED) is 0.943. The summed E-state index contributed by atoms with van der Waals surface area (Å²) in [6.07, 6.45) is 6.43. The summed E-state index contributed by atoms with van der Waals surface area (Å²) in [6.45, 7) is 5.58. The first-order valence-electron chi connectivity index (χ1n) is 8.53. The number of hydrogen-bond acceptors (Lipinski definition) is 5. The smallest absolute Gasteiger partial charge is 0.218 e. The minimum atomic E-state index is 0.475.